The smallest absolute Gasteiger partial charge is 0.267 e. The van der Waals surface area contributed by atoms with Gasteiger partial charge in [-0.15, -0.1) is 0 Å². The highest BCUT2D eigenvalue weighted by molar-refractivity contribution is 7.89. The summed E-state index contributed by atoms with van der Waals surface area (Å²) in [6.07, 6.45) is 4.33. The number of hydroxylamine groups is 1. The van der Waals surface area contributed by atoms with Crippen LogP contribution in [-0.2, 0) is 19.6 Å². The Bertz CT molecular complexity index is 817. The Morgan fingerprint density at radius 2 is 1.93 bits per heavy atom. The van der Waals surface area contributed by atoms with Crippen molar-refractivity contribution >= 4 is 33.6 Å². The van der Waals surface area contributed by atoms with Crippen LogP contribution in [0.15, 0.2) is 30.3 Å². The summed E-state index contributed by atoms with van der Waals surface area (Å²) in [6.45, 7) is 2.68. The van der Waals surface area contributed by atoms with E-state index in [-0.39, 0.29) is 24.2 Å². The summed E-state index contributed by atoms with van der Waals surface area (Å²) in [7, 11) is -3.39. The van der Waals surface area contributed by atoms with Gasteiger partial charge in [-0.05, 0) is 37.5 Å². The van der Waals surface area contributed by atoms with E-state index < -0.39 is 15.9 Å². The molecule has 2 amide bonds. The molecule has 10 heteroatoms. The third-order valence-electron chi connectivity index (χ3n) is 4.49. The second-order valence-corrected chi connectivity index (χ2v) is 8.52. The minimum Gasteiger partial charge on any atom is -0.371 e. The molecule has 0 radical (unpaired) electrons. The van der Waals surface area contributed by atoms with Crippen LogP contribution in [0.3, 0.4) is 0 Å². The number of hydrogen-bond acceptors (Lipinski definition) is 6. The number of anilines is 1. The molecule has 1 heterocycles. The van der Waals surface area contributed by atoms with Crippen molar-refractivity contribution in [1.29, 1.82) is 0 Å². The minimum atomic E-state index is -3.39. The van der Waals surface area contributed by atoms with Crippen LogP contribution in [0.5, 0.6) is 0 Å². The fourth-order valence-electron chi connectivity index (χ4n) is 2.94. The van der Waals surface area contributed by atoms with Crippen molar-refractivity contribution in [3.05, 3.63) is 35.9 Å². The molecule has 4 N–H and O–H groups in total. The molecule has 1 aromatic rings. The molecule has 0 saturated carbocycles. The zero-order chi connectivity index (χ0) is 20.6. The lowest BCUT2D eigenvalue weighted by atomic mass is 10.0. The number of para-hydroxylation sites is 1. The van der Waals surface area contributed by atoms with Crippen LogP contribution in [0.2, 0.25) is 0 Å². The van der Waals surface area contributed by atoms with E-state index in [0.717, 1.165) is 24.1 Å². The number of benzene rings is 1. The maximum atomic E-state index is 11.9. The van der Waals surface area contributed by atoms with Crippen molar-refractivity contribution < 1.29 is 23.2 Å². The van der Waals surface area contributed by atoms with Crippen molar-refractivity contribution in [3.63, 3.8) is 0 Å². The first-order valence-electron chi connectivity index (χ1n) is 9.07. The van der Waals surface area contributed by atoms with Crippen molar-refractivity contribution in [2.24, 2.45) is 0 Å². The number of carbonyl (C=O) groups is 2. The van der Waals surface area contributed by atoms with Gasteiger partial charge in [-0.2, -0.15) is 0 Å². The highest BCUT2D eigenvalue weighted by Gasteiger charge is 2.22. The van der Waals surface area contributed by atoms with Crippen LogP contribution in [0, 0.1) is 0 Å². The maximum absolute atomic E-state index is 11.9. The van der Waals surface area contributed by atoms with Crippen molar-refractivity contribution in [2.45, 2.75) is 25.8 Å². The quantitative estimate of drug-likeness (QED) is 0.276. The van der Waals surface area contributed by atoms with Crippen molar-refractivity contribution in [2.75, 3.05) is 30.3 Å². The van der Waals surface area contributed by atoms with Gasteiger partial charge in [0.1, 0.15) is 0 Å². The Labute approximate surface area is 164 Å². The lowest BCUT2D eigenvalue weighted by Crippen LogP contribution is -2.47. The largest absolute Gasteiger partial charge is 0.371 e. The Hall–Kier alpha value is -2.43. The number of piperidine rings is 1. The molecule has 0 unspecified atom stereocenters. The number of carbonyl (C=O) groups excluding carboxylic acids is 2. The number of sulfonamides is 1. The van der Waals surface area contributed by atoms with Gasteiger partial charge in [0.05, 0.1) is 12.3 Å². The molecule has 1 saturated heterocycles. The normalized spacial score (nSPS) is 15.6. The molecule has 9 nitrogen and oxygen atoms in total. The summed E-state index contributed by atoms with van der Waals surface area (Å²) in [5, 5.41) is 11.5. The van der Waals surface area contributed by atoms with Crippen LogP contribution in [0.25, 0.3) is 6.08 Å². The number of rotatable bonds is 8. The van der Waals surface area contributed by atoms with Crippen molar-refractivity contribution in [3.8, 4) is 0 Å². The summed E-state index contributed by atoms with van der Waals surface area (Å²) < 4.78 is 25.1. The monoisotopic (exact) mass is 410 g/mol. The lowest BCUT2D eigenvalue weighted by molar-refractivity contribution is -0.124. The van der Waals surface area contributed by atoms with Gasteiger partial charge < -0.3 is 10.2 Å². The molecule has 1 aromatic carbocycles. The van der Waals surface area contributed by atoms with Crippen LogP contribution in [0.4, 0.5) is 5.69 Å². The SMILES string of the molecule is CCS(=O)(=O)NCC(=O)NC1CCN(c2ccccc2/C=C/C(=O)NO)CC1. The number of nitrogens with zero attached hydrogens (tertiary/aromatic N) is 1. The van der Waals surface area contributed by atoms with Crippen LogP contribution >= 0.6 is 0 Å². The summed E-state index contributed by atoms with van der Waals surface area (Å²) in [5.41, 5.74) is 3.37. The third-order valence-corrected chi connectivity index (χ3v) is 5.84. The average Bonchev–Trinajstić information content (AvgIpc) is 2.71. The van der Waals surface area contributed by atoms with E-state index in [0.29, 0.717) is 13.1 Å². The van der Waals surface area contributed by atoms with Crippen LogP contribution in [0.1, 0.15) is 25.3 Å². The predicted molar refractivity (Wildman–Crippen MR) is 106 cm³/mol. The van der Waals surface area contributed by atoms with E-state index in [4.69, 9.17) is 5.21 Å². The molecule has 0 atom stereocenters. The first-order chi connectivity index (χ1) is 13.3. The van der Waals surface area contributed by atoms with E-state index in [2.05, 4.69) is 14.9 Å². The fraction of sp³-hybridized carbons (Fsp3) is 0.444. The Kier molecular flexibility index (Phi) is 7.97. The van der Waals surface area contributed by atoms with E-state index in [9.17, 15) is 18.0 Å². The highest BCUT2D eigenvalue weighted by atomic mass is 32.2. The second kappa shape index (κ2) is 10.2. The first-order valence-corrected chi connectivity index (χ1v) is 10.7. The van der Waals surface area contributed by atoms with Gasteiger partial charge in [-0.1, -0.05) is 18.2 Å². The molecule has 2 rings (SSSR count). The van der Waals surface area contributed by atoms with Gasteiger partial charge in [0.15, 0.2) is 0 Å². The molecular formula is C18H26N4O5S. The summed E-state index contributed by atoms with van der Waals surface area (Å²) >= 11 is 0. The van der Waals surface area contributed by atoms with Crippen LogP contribution < -0.4 is 20.4 Å². The third kappa shape index (κ3) is 6.63. The zero-order valence-corrected chi connectivity index (χ0v) is 16.5. The summed E-state index contributed by atoms with van der Waals surface area (Å²) in [5.74, 6) is -1.00. The standard InChI is InChI=1S/C18H26N4O5S/c1-2-28(26,27)19-13-18(24)20-15-9-11-22(12-10-15)16-6-4-3-5-14(16)7-8-17(23)21-25/h3-8,15,19,25H,2,9-13H2,1H3,(H,20,24)(H,21,23)/b8-7+. The first kappa shape index (κ1) is 21.9. The molecule has 0 aliphatic carbocycles. The van der Waals surface area contributed by atoms with E-state index >= 15 is 0 Å². The number of amides is 2. The number of nitrogens with one attached hydrogen (secondary N) is 3. The Morgan fingerprint density at radius 3 is 2.57 bits per heavy atom. The van der Waals surface area contributed by atoms with Gasteiger partial charge in [-0.3, -0.25) is 14.8 Å². The second-order valence-electron chi connectivity index (χ2n) is 6.42. The molecular weight excluding hydrogens is 384 g/mol. The average molecular weight is 410 g/mol. The topological polar surface area (TPSA) is 128 Å². The molecule has 0 aromatic heterocycles. The van der Waals surface area contributed by atoms with Gasteiger partial charge in [0.2, 0.25) is 15.9 Å². The predicted octanol–water partition coefficient (Wildman–Crippen LogP) is 0.230. The Balaban J connectivity index is 1.90. The molecule has 1 aliphatic heterocycles. The molecule has 1 fully saturated rings. The molecule has 154 valence electrons. The fourth-order valence-corrected chi connectivity index (χ4v) is 3.50. The summed E-state index contributed by atoms with van der Waals surface area (Å²) in [6, 6.07) is 7.59. The van der Waals surface area contributed by atoms with Gasteiger partial charge in [-0.25, -0.2) is 18.6 Å². The zero-order valence-electron chi connectivity index (χ0n) is 15.7. The maximum Gasteiger partial charge on any atom is 0.267 e. The lowest BCUT2D eigenvalue weighted by Gasteiger charge is -2.34. The van der Waals surface area contributed by atoms with E-state index in [1.807, 2.05) is 24.3 Å². The van der Waals surface area contributed by atoms with Crippen LogP contribution in [-0.4, -0.2) is 56.9 Å². The Morgan fingerprint density at radius 1 is 1.25 bits per heavy atom. The van der Waals surface area contributed by atoms with E-state index in [1.54, 1.807) is 11.6 Å². The number of hydrogen-bond donors (Lipinski definition) is 4. The molecule has 1 aliphatic rings. The van der Waals surface area contributed by atoms with E-state index in [1.165, 1.54) is 13.0 Å². The van der Waals surface area contributed by atoms with Gasteiger partial charge in [0, 0.05) is 30.9 Å². The highest BCUT2D eigenvalue weighted by Crippen LogP contribution is 2.25. The minimum absolute atomic E-state index is 0.0160. The molecule has 0 spiro atoms. The van der Waals surface area contributed by atoms with Crippen molar-refractivity contribution in [1.82, 2.24) is 15.5 Å². The molecule has 28 heavy (non-hydrogen) atoms. The molecule has 0 bridgehead atoms. The van der Waals surface area contributed by atoms with Gasteiger partial charge in [0.25, 0.3) is 5.91 Å². The van der Waals surface area contributed by atoms with Gasteiger partial charge >= 0.3 is 0 Å². The summed E-state index contributed by atoms with van der Waals surface area (Å²) in [4.78, 5) is 25.3.